The second-order valence-corrected chi connectivity index (χ2v) is 17.2. The number of anilines is 8. The Labute approximate surface area is 507 Å². The molecule has 0 aliphatic carbocycles. The molecule has 82 heavy (non-hydrogen) atoms. The third-order valence-electron chi connectivity index (χ3n) is 11.9. The molecule has 2 fully saturated rings. The van der Waals surface area contributed by atoms with Gasteiger partial charge in [0.2, 0.25) is 23.7 Å². The van der Waals surface area contributed by atoms with Crippen LogP contribution < -0.4 is 40.5 Å². The van der Waals surface area contributed by atoms with E-state index >= 15 is 0 Å². The fourth-order valence-corrected chi connectivity index (χ4v) is 8.22. The van der Waals surface area contributed by atoms with E-state index < -0.39 is 125 Å². The Morgan fingerprint density at radius 3 is 1.59 bits per heavy atom. The highest BCUT2D eigenvalue weighted by atomic mass is 16.5. The van der Waals surface area contributed by atoms with Crippen LogP contribution in [0.15, 0.2) is 147 Å². The van der Waals surface area contributed by atoms with Crippen LogP contribution in [0.2, 0.25) is 0 Å². The summed E-state index contributed by atoms with van der Waals surface area (Å²) in [6, 6.07) is 13.4. The molecule has 0 unspecified atom stereocenters. The normalized spacial score (nSPS) is 17.7. The molecule has 0 radical (unpaired) electrons. The summed E-state index contributed by atoms with van der Waals surface area (Å²) >= 11 is 0. The van der Waals surface area contributed by atoms with Crippen LogP contribution in [0.3, 0.4) is 0 Å². The number of rotatable bonds is 20. The summed E-state index contributed by atoms with van der Waals surface area (Å²) in [7, 11) is -1.43. The Morgan fingerprint density at radius 1 is 0.659 bits per heavy atom. The largest absolute Gasteiger partial charge is 0.494 e. The van der Waals surface area contributed by atoms with Gasteiger partial charge in [0.25, 0.3) is 0 Å². The van der Waals surface area contributed by atoms with Crippen molar-refractivity contribution in [3.8, 4) is 45.6 Å². The van der Waals surface area contributed by atoms with Crippen LogP contribution in [0.1, 0.15) is 41.3 Å². The third kappa shape index (κ3) is 14.3. The van der Waals surface area contributed by atoms with E-state index in [0.717, 1.165) is 21.5 Å². The number of hydrogen-bond acceptors (Lipinski definition) is 18. The van der Waals surface area contributed by atoms with Gasteiger partial charge in [-0.1, -0.05) is 73.7 Å². The molecule has 4 aromatic heterocycles. The van der Waals surface area contributed by atoms with Gasteiger partial charge >= 0.3 is 0 Å². The lowest BCUT2D eigenvalue weighted by molar-refractivity contribution is -0.112. The maximum atomic E-state index is 12.4. The predicted molar refractivity (Wildman–Crippen MR) is 320 cm³/mol. The molecule has 10 rings (SSSR count). The fourth-order valence-electron chi connectivity index (χ4n) is 8.22. The van der Waals surface area contributed by atoms with E-state index in [0.29, 0.717) is 97.3 Å². The van der Waals surface area contributed by atoms with Crippen molar-refractivity contribution in [1.82, 2.24) is 49.3 Å². The van der Waals surface area contributed by atoms with Crippen molar-refractivity contribution in [3.05, 3.63) is 158 Å². The van der Waals surface area contributed by atoms with Gasteiger partial charge in [-0.25, -0.2) is 19.3 Å². The molecule has 4 N–H and O–H groups in total. The quantitative estimate of drug-likeness (QED) is 0.0528. The third-order valence-corrected chi connectivity index (χ3v) is 11.9. The number of hydrogen-bond donors (Lipinski definition) is 4. The molecule has 0 atom stereocenters. The summed E-state index contributed by atoms with van der Waals surface area (Å²) in [5, 5.41) is 20.2. The number of ether oxygens (including phenoxy) is 4. The van der Waals surface area contributed by atoms with Gasteiger partial charge in [0.1, 0.15) is 11.5 Å². The molecule has 2 aliphatic heterocycles. The van der Waals surface area contributed by atoms with Crippen LogP contribution in [-0.4, -0.2) is 156 Å². The van der Waals surface area contributed by atoms with Gasteiger partial charge < -0.3 is 59.8 Å². The highest BCUT2D eigenvalue weighted by Crippen LogP contribution is 2.40. The minimum Gasteiger partial charge on any atom is -0.494 e. The van der Waals surface area contributed by atoms with Gasteiger partial charge in [-0.2, -0.15) is 20.2 Å². The van der Waals surface area contributed by atoms with Crippen LogP contribution in [0.25, 0.3) is 34.2 Å². The van der Waals surface area contributed by atoms with Crippen molar-refractivity contribution in [3.63, 3.8) is 0 Å². The maximum Gasteiger partial charge on any atom is 0.247 e. The van der Waals surface area contributed by atoms with Crippen LogP contribution >= 0.6 is 0 Å². The van der Waals surface area contributed by atoms with Gasteiger partial charge in [-0.3, -0.25) is 9.59 Å². The molecular weight excluding hydrogens is 1040 g/mol. The first kappa shape index (κ1) is 35.3. The molecule has 0 saturated carbocycles. The Balaban J connectivity index is 0.000000241. The monoisotopic (exact) mass is 1130 g/mol. The number of amides is 2. The number of carbonyl (C=O) groups excluding carboxylic acids is 2. The topological polar surface area (TPSA) is 219 Å². The van der Waals surface area contributed by atoms with E-state index in [1.54, 1.807) is 42.5 Å². The second kappa shape index (κ2) is 27.1. The molecule has 2 saturated heterocycles. The number of nitrogens with zero attached hydrogens (tertiary/aromatic N) is 12. The molecule has 0 spiro atoms. The van der Waals surface area contributed by atoms with Crippen molar-refractivity contribution in [2.24, 2.45) is 0 Å². The molecule has 0 bridgehead atoms. The second-order valence-electron chi connectivity index (χ2n) is 17.2. The predicted octanol–water partition coefficient (Wildman–Crippen LogP) is 8.21. The molecule has 6 heterocycles. The Hall–Kier alpha value is -9.48. The van der Waals surface area contributed by atoms with Crippen molar-refractivity contribution >= 4 is 57.8 Å². The minimum absolute atomic E-state index is 0.0340. The summed E-state index contributed by atoms with van der Waals surface area (Å²) in [5.74, 6) is -1.20. The van der Waals surface area contributed by atoms with E-state index in [-0.39, 0.29) is 45.6 Å². The number of methoxy groups -OCH3 is 2. The lowest BCUT2D eigenvalue weighted by atomic mass is 10.1. The Morgan fingerprint density at radius 2 is 1.13 bits per heavy atom. The van der Waals surface area contributed by atoms with Crippen LogP contribution in [0, 0.1) is 0 Å². The summed E-state index contributed by atoms with van der Waals surface area (Å²) in [4.78, 5) is 46.6. The number of carbonyl (C=O) groups is 2. The number of aromatic nitrogens is 8. The zero-order valence-corrected chi connectivity index (χ0v) is 43.9. The molecule has 2 aliphatic rings. The van der Waals surface area contributed by atoms with Gasteiger partial charge in [0.05, 0.1) is 99.8 Å². The summed E-state index contributed by atoms with van der Waals surface area (Å²) in [6.45, 7) is -3.79. The zero-order valence-electron chi connectivity index (χ0n) is 65.9. The summed E-state index contributed by atoms with van der Waals surface area (Å²) < 4.78 is 205. The lowest BCUT2D eigenvalue weighted by Gasteiger charge is -2.31. The highest BCUT2D eigenvalue weighted by molar-refractivity contribution is 6.03. The van der Waals surface area contributed by atoms with Crippen molar-refractivity contribution in [2.45, 2.75) is 13.0 Å². The zero-order chi connectivity index (χ0) is 76.0. The van der Waals surface area contributed by atoms with Crippen LogP contribution in [0.5, 0.6) is 11.5 Å². The number of benzene rings is 4. The van der Waals surface area contributed by atoms with Crippen molar-refractivity contribution in [1.29, 1.82) is 0 Å². The molecule has 4 aromatic carbocycles. The van der Waals surface area contributed by atoms with Crippen LogP contribution in [-0.2, 0) is 32.1 Å². The van der Waals surface area contributed by atoms with Gasteiger partial charge in [-0.15, -0.1) is 0 Å². The molecule has 2 amide bonds. The molecule has 424 valence electrons. The highest BCUT2D eigenvalue weighted by Gasteiger charge is 2.23. The van der Waals surface area contributed by atoms with Gasteiger partial charge in [0.15, 0.2) is 11.6 Å². The maximum absolute atomic E-state index is 12.4. The first-order valence-electron chi connectivity index (χ1n) is 36.4. The van der Waals surface area contributed by atoms with E-state index in [2.05, 4.69) is 64.6 Å². The fraction of sp³-hybridized carbons (Fsp3) is 0.267. The van der Waals surface area contributed by atoms with E-state index in [4.69, 9.17) is 49.1 Å². The first-order valence-corrected chi connectivity index (χ1v) is 24.7. The Bertz CT molecular complexity index is 4420. The van der Waals surface area contributed by atoms with E-state index in [1.807, 2.05) is 9.80 Å². The van der Waals surface area contributed by atoms with Crippen molar-refractivity contribution < 1.29 is 58.7 Å². The minimum atomic E-state index is -3.15. The summed E-state index contributed by atoms with van der Waals surface area (Å²) in [5.41, 5.74) is 0.126. The standard InChI is InChI=1S/2C30H34N8O3/c2*1-5-28(39)32-23-17-24(26(40-4)18-25(23)37-13-15-41-16-14-37)33-30-31-12-11-27(34-30)38-20-22(19-36(2)3)29(35-38)21-9-7-6-8-10-21/h2*5-12,17-18,20H,1,13-16,19H2,2-4H3,(H,32,39)(H,31,33,34)/i2D2,3D2,6D,7D,8D,9D,10D,19D2,20D;2D2,3D2,4D3,19D2,20D. The SMILES string of the molecule is [2H]c1c(C([2H])([2H])N(C([2H])[2H])C([2H])[2H])c(-c2ccccc2)nn1-c1ccnc(Nc2cc(NC(=O)C=C)c(N3CCOCC3)cc2OC([2H])([2H])[2H])n1.[2H]c1c([2H])c([2H])c(-c2nn(-c3ccnc(Nc4cc(NC(=O)C=C)c(N5CCOCC5)cc4OC)n3)c([2H])c2C([2H])([2H])N(C([2H])[2H])C([2H])[2H])c([2H])c1[2H]. The smallest absolute Gasteiger partial charge is 0.247 e. The molecule has 8 aromatic rings. The van der Waals surface area contributed by atoms with E-state index in [9.17, 15) is 9.59 Å². The van der Waals surface area contributed by atoms with Gasteiger partial charge in [0, 0.05) is 127 Å². The van der Waals surface area contributed by atoms with Crippen LogP contribution in [0.4, 0.5) is 46.0 Å². The Kier molecular flexibility index (Phi) is 11.7. The average molecular weight is 1130 g/mol. The average Bonchev–Trinajstić information content (AvgIpc) is 1.59. The molecule has 22 nitrogen and oxygen atoms in total. The lowest BCUT2D eigenvalue weighted by Crippen LogP contribution is -2.36. The molecular formula is C60H68N16O6. The van der Waals surface area contributed by atoms with Gasteiger partial charge in [-0.05, 0) is 52.3 Å². The van der Waals surface area contributed by atoms with E-state index in [1.165, 1.54) is 43.8 Å². The number of morpholine rings is 2. The van der Waals surface area contributed by atoms with Crippen molar-refractivity contribution in [2.75, 3.05) is 126 Å². The first-order chi connectivity index (χ1) is 49.1. The molecule has 22 heteroatoms. The summed E-state index contributed by atoms with van der Waals surface area (Å²) in [6.07, 6.45) is 3.47. The number of nitrogens with one attached hydrogen (secondary N) is 4.